The molecule has 2 heterocycles. The standard InChI is InChI=1S/C11H8F4N4OS/c1-5-17-10(21-18-5)19(2)9(20)6-3-4-16-8(7(6)12)11(13,14)15/h3-4H,1-2H3. The van der Waals surface area contributed by atoms with Crippen LogP contribution in [0.15, 0.2) is 12.3 Å². The zero-order valence-corrected chi connectivity index (χ0v) is 11.6. The quantitative estimate of drug-likeness (QED) is 0.798. The summed E-state index contributed by atoms with van der Waals surface area (Å²) in [6.07, 6.45) is -4.24. The van der Waals surface area contributed by atoms with Crippen LogP contribution < -0.4 is 4.90 Å². The highest BCUT2D eigenvalue weighted by Gasteiger charge is 2.38. The normalized spacial score (nSPS) is 11.5. The van der Waals surface area contributed by atoms with Gasteiger partial charge in [0.1, 0.15) is 5.82 Å². The Labute approximate surface area is 120 Å². The molecule has 0 aliphatic heterocycles. The molecule has 2 aromatic heterocycles. The monoisotopic (exact) mass is 320 g/mol. The molecule has 0 radical (unpaired) electrons. The van der Waals surface area contributed by atoms with Crippen LogP contribution in [0.1, 0.15) is 21.9 Å². The molecule has 10 heteroatoms. The molecule has 0 atom stereocenters. The highest BCUT2D eigenvalue weighted by atomic mass is 32.1. The summed E-state index contributed by atoms with van der Waals surface area (Å²) in [7, 11) is 1.27. The fourth-order valence-electron chi connectivity index (χ4n) is 1.50. The molecule has 0 spiro atoms. The fraction of sp³-hybridized carbons (Fsp3) is 0.273. The molecule has 0 bridgehead atoms. The number of pyridine rings is 1. The van der Waals surface area contributed by atoms with Gasteiger partial charge in [-0.25, -0.2) is 14.4 Å². The largest absolute Gasteiger partial charge is 0.436 e. The third kappa shape index (κ3) is 2.99. The van der Waals surface area contributed by atoms with Crippen molar-refractivity contribution in [2.75, 3.05) is 11.9 Å². The van der Waals surface area contributed by atoms with Gasteiger partial charge in [0.15, 0.2) is 11.5 Å². The molecule has 112 valence electrons. The van der Waals surface area contributed by atoms with Crippen LogP contribution in [0.4, 0.5) is 22.7 Å². The van der Waals surface area contributed by atoms with Crippen molar-refractivity contribution < 1.29 is 22.4 Å². The number of halogens is 4. The number of carbonyl (C=O) groups is 1. The van der Waals surface area contributed by atoms with Crippen molar-refractivity contribution in [2.45, 2.75) is 13.1 Å². The van der Waals surface area contributed by atoms with Crippen LogP contribution in [-0.2, 0) is 6.18 Å². The van der Waals surface area contributed by atoms with Crippen LogP contribution in [0.25, 0.3) is 0 Å². The first kappa shape index (κ1) is 15.3. The molecule has 0 aliphatic rings. The number of amides is 1. The first-order valence-corrected chi connectivity index (χ1v) is 6.29. The van der Waals surface area contributed by atoms with Crippen LogP contribution in [0, 0.1) is 12.7 Å². The predicted octanol–water partition coefficient (Wildman–Crippen LogP) is 2.68. The number of aromatic nitrogens is 3. The van der Waals surface area contributed by atoms with Crippen molar-refractivity contribution in [1.29, 1.82) is 0 Å². The van der Waals surface area contributed by atoms with Crippen LogP contribution >= 0.6 is 11.5 Å². The van der Waals surface area contributed by atoms with Crippen molar-refractivity contribution in [2.24, 2.45) is 0 Å². The van der Waals surface area contributed by atoms with E-state index in [9.17, 15) is 22.4 Å². The van der Waals surface area contributed by atoms with E-state index in [-0.39, 0.29) is 5.13 Å². The maximum Gasteiger partial charge on any atom is 0.436 e. The predicted molar refractivity (Wildman–Crippen MR) is 66.6 cm³/mol. The Kier molecular flexibility index (Phi) is 3.90. The second kappa shape index (κ2) is 5.35. The van der Waals surface area contributed by atoms with Gasteiger partial charge in [0, 0.05) is 24.8 Å². The molecule has 0 aromatic carbocycles. The lowest BCUT2D eigenvalue weighted by molar-refractivity contribution is -0.143. The van der Waals surface area contributed by atoms with Gasteiger partial charge >= 0.3 is 6.18 Å². The molecule has 5 nitrogen and oxygen atoms in total. The van der Waals surface area contributed by atoms with Gasteiger partial charge < -0.3 is 0 Å². The molecule has 21 heavy (non-hydrogen) atoms. The Hall–Kier alpha value is -2.10. The molecule has 2 rings (SSSR count). The van der Waals surface area contributed by atoms with Gasteiger partial charge in [0.05, 0.1) is 5.56 Å². The molecular formula is C11H8F4N4OS. The van der Waals surface area contributed by atoms with E-state index >= 15 is 0 Å². The molecule has 0 aliphatic carbocycles. The molecule has 0 saturated carbocycles. The van der Waals surface area contributed by atoms with Crippen molar-refractivity contribution in [3.05, 3.63) is 35.2 Å². The van der Waals surface area contributed by atoms with Crippen molar-refractivity contribution >= 4 is 22.6 Å². The lowest BCUT2D eigenvalue weighted by atomic mass is 10.2. The maximum atomic E-state index is 13.8. The average Bonchev–Trinajstić information content (AvgIpc) is 2.82. The van der Waals surface area contributed by atoms with Gasteiger partial charge in [-0.3, -0.25) is 9.69 Å². The number of alkyl halides is 3. The van der Waals surface area contributed by atoms with Crippen LogP contribution in [0.3, 0.4) is 0 Å². The number of anilines is 1. The number of aryl methyl sites for hydroxylation is 1. The summed E-state index contributed by atoms with van der Waals surface area (Å²) in [6.45, 7) is 1.59. The maximum absolute atomic E-state index is 13.8. The Morgan fingerprint density at radius 3 is 2.57 bits per heavy atom. The van der Waals surface area contributed by atoms with Gasteiger partial charge in [-0.05, 0) is 13.0 Å². The minimum Gasteiger partial charge on any atom is -0.286 e. The van der Waals surface area contributed by atoms with E-state index in [1.54, 1.807) is 6.92 Å². The Morgan fingerprint density at radius 2 is 2.05 bits per heavy atom. The topological polar surface area (TPSA) is 59.0 Å². The van der Waals surface area contributed by atoms with Gasteiger partial charge in [0.2, 0.25) is 5.13 Å². The highest BCUT2D eigenvalue weighted by molar-refractivity contribution is 7.09. The summed E-state index contributed by atoms with van der Waals surface area (Å²) >= 11 is 0.880. The molecule has 0 fully saturated rings. The zero-order valence-electron chi connectivity index (χ0n) is 10.8. The van der Waals surface area contributed by atoms with E-state index < -0.39 is 29.2 Å². The third-order valence-corrected chi connectivity index (χ3v) is 3.38. The fourth-order valence-corrected chi connectivity index (χ4v) is 2.13. The molecule has 1 amide bonds. The summed E-state index contributed by atoms with van der Waals surface area (Å²) in [5, 5.41) is 0.155. The van der Waals surface area contributed by atoms with E-state index in [1.165, 1.54) is 7.05 Å². The Balaban J connectivity index is 2.40. The Morgan fingerprint density at radius 1 is 1.38 bits per heavy atom. The second-order valence-corrected chi connectivity index (χ2v) is 4.74. The highest BCUT2D eigenvalue weighted by Crippen LogP contribution is 2.31. The first-order chi connectivity index (χ1) is 9.71. The van der Waals surface area contributed by atoms with Gasteiger partial charge in [-0.2, -0.15) is 17.5 Å². The summed E-state index contributed by atoms with van der Waals surface area (Å²) in [4.78, 5) is 19.9. The summed E-state index contributed by atoms with van der Waals surface area (Å²) in [5.74, 6) is -2.26. The minimum atomic E-state index is -4.97. The van der Waals surface area contributed by atoms with Crippen LogP contribution in [-0.4, -0.2) is 27.3 Å². The molecule has 0 unspecified atom stereocenters. The van der Waals surface area contributed by atoms with E-state index in [4.69, 9.17) is 0 Å². The van der Waals surface area contributed by atoms with Crippen molar-refractivity contribution in [1.82, 2.24) is 14.3 Å². The van der Waals surface area contributed by atoms with E-state index in [0.29, 0.717) is 5.82 Å². The second-order valence-electron chi connectivity index (χ2n) is 4.01. The van der Waals surface area contributed by atoms with Gasteiger partial charge in [-0.15, -0.1) is 0 Å². The Bertz CT molecular complexity index is 685. The number of carbonyl (C=O) groups excluding carboxylic acids is 1. The van der Waals surface area contributed by atoms with E-state index in [2.05, 4.69) is 14.3 Å². The summed E-state index contributed by atoms with van der Waals surface area (Å²) < 4.78 is 55.4. The first-order valence-electron chi connectivity index (χ1n) is 5.52. The molecule has 2 aromatic rings. The number of rotatable bonds is 2. The molecule has 0 saturated heterocycles. The van der Waals surface area contributed by atoms with Crippen LogP contribution in [0.2, 0.25) is 0 Å². The van der Waals surface area contributed by atoms with Crippen LogP contribution in [0.5, 0.6) is 0 Å². The van der Waals surface area contributed by atoms with Gasteiger partial charge in [-0.1, -0.05) is 0 Å². The lowest BCUT2D eigenvalue weighted by Crippen LogP contribution is -2.28. The summed E-state index contributed by atoms with van der Waals surface area (Å²) in [5.41, 5.74) is -2.46. The number of hydrogen-bond acceptors (Lipinski definition) is 5. The average molecular weight is 320 g/mol. The third-order valence-electron chi connectivity index (χ3n) is 2.50. The van der Waals surface area contributed by atoms with E-state index in [1.807, 2.05) is 0 Å². The van der Waals surface area contributed by atoms with Gasteiger partial charge in [0.25, 0.3) is 5.91 Å². The number of hydrogen-bond donors (Lipinski definition) is 0. The zero-order chi connectivity index (χ0) is 15.8. The molecule has 0 N–H and O–H groups in total. The van der Waals surface area contributed by atoms with Crippen molar-refractivity contribution in [3.8, 4) is 0 Å². The van der Waals surface area contributed by atoms with Crippen molar-refractivity contribution in [3.63, 3.8) is 0 Å². The molecular weight excluding hydrogens is 312 g/mol. The summed E-state index contributed by atoms with van der Waals surface area (Å²) in [6, 6.07) is 0.886. The SMILES string of the molecule is Cc1nsc(N(C)C(=O)c2ccnc(C(F)(F)F)c2F)n1. The number of nitrogens with zero attached hydrogens (tertiary/aromatic N) is 4. The lowest BCUT2D eigenvalue weighted by Gasteiger charge is -2.15. The van der Waals surface area contributed by atoms with E-state index in [0.717, 1.165) is 28.7 Å². The minimum absolute atomic E-state index is 0.155. The smallest absolute Gasteiger partial charge is 0.286 e.